The van der Waals surface area contributed by atoms with Gasteiger partial charge in [-0.3, -0.25) is 59.3 Å². The molecule has 732 valence electrons. The maximum absolute atomic E-state index is 14.2. The number of nitrogens with one attached hydrogen (secondary N) is 15. The topological polar surface area (TPSA) is 487 Å². The van der Waals surface area contributed by atoms with Crippen LogP contribution in [-0.4, -0.2) is 211 Å². The number of amides is 5. The van der Waals surface area contributed by atoms with Crippen LogP contribution in [0.25, 0.3) is 118 Å². The van der Waals surface area contributed by atoms with E-state index in [-0.39, 0.29) is 64.0 Å². The highest BCUT2D eigenvalue weighted by atomic mass is 19.1. The van der Waals surface area contributed by atoms with E-state index in [1.54, 1.807) is 56.0 Å². The molecule has 24 rings (SSSR count). The first-order valence-corrected chi connectivity index (χ1v) is 47.0. The largest absolute Gasteiger partial charge is 0.490 e. The van der Waals surface area contributed by atoms with E-state index >= 15 is 0 Å². The van der Waals surface area contributed by atoms with Crippen molar-refractivity contribution < 1.29 is 55.5 Å². The number of fused-ring (bicyclic) bond motifs is 5. The number of para-hydroxylation sites is 6. The number of hydrogen-bond donors (Lipinski definition) is 15. The van der Waals surface area contributed by atoms with Gasteiger partial charge >= 0.3 is 0 Å². The molecule has 1 aliphatic carbocycles. The van der Waals surface area contributed by atoms with Crippen molar-refractivity contribution in [1.82, 2.24) is 116 Å². The summed E-state index contributed by atoms with van der Waals surface area (Å²) >= 11 is 0. The molecular formula is C105H97F3N28O9. The summed E-state index contributed by atoms with van der Waals surface area (Å²) in [6.45, 7) is 14.3. The van der Waals surface area contributed by atoms with Gasteiger partial charge in [-0.25, -0.2) is 38.1 Å². The van der Waals surface area contributed by atoms with E-state index in [1.807, 2.05) is 172 Å². The van der Waals surface area contributed by atoms with Crippen LogP contribution < -0.4 is 31.3 Å². The molecule has 0 unspecified atom stereocenters. The van der Waals surface area contributed by atoms with Crippen LogP contribution in [0.2, 0.25) is 0 Å². The number of aromatic nitrogens is 20. The normalized spacial score (nSPS) is 14.0. The van der Waals surface area contributed by atoms with Crippen molar-refractivity contribution in [3.8, 4) is 63.3 Å². The molecule has 0 atom stereocenters. The maximum atomic E-state index is 14.2. The van der Waals surface area contributed by atoms with Crippen LogP contribution in [0.15, 0.2) is 252 Å². The zero-order valence-corrected chi connectivity index (χ0v) is 78.8. The Labute approximate surface area is 823 Å². The van der Waals surface area contributed by atoms with E-state index in [4.69, 9.17) is 18.3 Å². The number of hydrogen-bond acceptors (Lipinski definition) is 22. The van der Waals surface area contributed by atoms with Gasteiger partial charge in [-0.05, 0) is 198 Å². The van der Waals surface area contributed by atoms with Crippen LogP contribution in [0.4, 0.5) is 41.6 Å². The Kier molecular flexibility index (Phi) is 27.8. The van der Waals surface area contributed by atoms with Crippen LogP contribution in [0.3, 0.4) is 0 Å². The van der Waals surface area contributed by atoms with Crippen molar-refractivity contribution in [3.05, 3.63) is 317 Å². The number of furan rings is 2. The highest BCUT2D eigenvalue weighted by molar-refractivity contribution is 6.10. The molecule has 12 aromatic heterocycles. The molecule has 4 aliphatic rings. The van der Waals surface area contributed by atoms with Crippen molar-refractivity contribution in [1.29, 1.82) is 0 Å². The molecular weight excluding hydrogens is 1850 g/mol. The number of halogens is 3. The zero-order chi connectivity index (χ0) is 99.6. The first-order valence-electron chi connectivity index (χ1n) is 47.0. The summed E-state index contributed by atoms with van der Waals surface area (Å²) < 4.78 is 64.8. The van der Waals surface area contributed by atoms with Gasteiger partial charge in [0.25, 0.3) is 29.5 Å². The van der Waals surface area contributed by atoms with E-state index in [9.17, 15) is 37.1 Å². The van der Waals surface area contributed by atoms with Gasteiger partial charge in [0.1, 0.15) is 74.6 Å². The monoisotopic (exact) mass is 1950 g/mol. The minimum atomic E-state index is -0.987. The van der Waals surface area contributed by atoms with E-state index < -0.39 is 28.9 Å². The van der Waals surface area contributed by atoms with Crippen molar-refractivity contribution >= 4 is 119 Å². The number of rotatable bonds is 22. The quantitative estimate of drug-likeness (QED) is 0.0300. The summed E-state index contributed by atoms with van der Waals surface area (Å²) in [4.78, 5) is 109. The van der Waals surface area contributed by atoms with Crippen molar-refractivity contribution in [2.75, 3.05) is 86.1 Å². The third kappa shape index (κ3) is 21.7. The molecule has 5 amide bonds. The number of carbonyl (C=O) groups excluding carboxylic acids is 5. The lowest BCUT2D eigenvalue weighted by Gasteiger charge is -2.29. The lowest BCUT2D eigenvalue weighted by molar-refractivity contribution is -0.112. The number of morpholine rings is 1. The molecule has 3 fully saturated rings. The van der Waals surface area contributed by atoms with Gasteiger partial charge < -0.3 is 74.7 Å². The second-order valence-corrected chi connectivity index (χ2v) is 35.1. The van der Waals surface area contributed by atoms with E-state index in [2.05, 4.69) is 155 Å². The second-order valence-electron chi connectivity index (χ2n) is 35.1. The fourth-order valence-corrected chi connectivity index (χ4v) is 17.4. The summed E-state index contributed by atoms with van der Waals surface area (Å²) in [5, 5.41) is 48.5. The highest BCUT2D eigenvalue weighted by Gasteiger charge is 2.29. The number of H-pyrrole nitrogens is 10. The predicted molar refractivity (Wildman–Crippen MR) is 542 cm³/mol. The van der Waals surface area contributed by atoms with Gasteiger partial charge in [0, 0.05) is 43.4 Å². The molecule has 37 nitrogen and oxygen atoms in total. The number of benzene rings is 8. The van der Waals surface area contributed by atoms with Crippen molar-refractivity contribution in [3.63, 3.8) is 0 Å². The molecule has 0 bridgehead atoms. The first kappa shape index (κ1) is 94.6. The first-order chi connectivity index (χ1) is 70.7. The SMILES string of the molecule is Cc1ccc2[nH]c(-c3[nH]ncc3NC(=O)c3c(F)cccc3F)nc2c1F.Cc1cccc(C)c1C(=O)Nc1cn[nH]c1-c1nc2ccc(OC3CCN(C)CC3)cc2[nH]1.O=C(Nc1cn[nH]c1-c1nc2ccccc2[nH]1)C1=CC(c2ccccc2)=CC1.O=C(Nc1cn[nH]c1-c1nc2ccccc2[nH]1)c1ccc(CN2CCCC2)o1.O=C(Nc1cn[nH]c1-c1nc2ccccc2[nH]1)c1ccc(CN2CCOCC2)o1. The van der Waals surface area contributed by atoms with Gasteiger partial charge in [-0.2, -0.15) is 25.5 Å². The fraction of sp³-hybridized carbons (Fsp3) is 0.190. The number of carbonyl (C=O) groups is 5. The molecule has 0 saturated carbocycles. The number of aryl methyl sites for hydroxylation is 3. The molecule has 20 aromatic rings. The van der Waals surface area contributed by atoms with Gasteiger partial charge in [-0.15, -0.1) is 0 Å². The molecule has 3 aliphatic heterocycles. The number of imidazole rings is 5. The Morgan fingerprint density at radius 2 is 0.828 bits per heavy atom. The number of aromatic amines is 10. The maximum Gasteiger partial charge on any atom is 0.291 e. The minimum absolute atomic E-state index is 0.136. The average molecular weight is 1950 g/mol. The van der Waals surface area contributed by atoms with Crippen molar-refractivity contribution in [2.24, 2.45) is 0 Å². The average Bonchev–Trinajstić information content (AvgIpc) is 1.65. The number of piperidine rings is 1. The standard InChI is InChI=1S/C25H28N6O2.C22H17N5O.C20H20N6O3.C20H20N6O2.C18H12F3N5O/c1-15-5-4-6-16(2)22(15)25(32)29-21-14-26-30-23(21)24-27-19-8-7-18(13-20(19)28-24)33-17-9-11-31(3)12-10-17;28-22(16-11-10-15(12-16)14-6-2-1-3-7-14)26-19-13-23-27-20(19)21-24-17-8-4-5-9-18(17)25-21;27-20(17-6-5-13(29-17)12-26-7-9-28-10-8-26)24-16-11-21-25-18(16)19-22-14-3-1-2-4-15(14)23-19;27-20(17-8-7-13(28-17)12-26-9-3-4-10-26)24-16-11-21-25-18(16)19-22-14-5-1-2-6-15(14)23-19;1-8-5-6-11-15(14(8)21)25-17(23-11)16-12(7-22-26-16)24-18(27)13-9(19)3-2-4-10(13)20/h4-8,13-14,17H,9-12H2,1-3H3,(H,26,30)(H,27,28)(H,29,32);1-10,12-13H,11H2,(H,23,27)(H,24,25)(H,26,28);1-6,11H,7-10,12H2,(H,21,25)(H,22,23)(H,24,27);1-2,5-8,11H,3-4,9-10,12H2,(H,21,25)(H,22,23)(H,24,27);2-7H,1H3,(H,22,26)(H,23,25)(H,24,27). The molecule has 0 spiro atoms. The number of ether oxygens (including phenoxy) is 2. The van der Waals surface area contributed by atoms with E-state index in [0.29, 0.717) is 98.4 Å². The molecule has 3 saturated heterocycles. The fourth-order valence-electron chi connectivity index (χ4n) is 17.4. The van der Waals surface area contributed by atoms with Gasteiger partial charge in [0.2, 0.25) is 0 Å². The lowest BCUT2D eigenvalue weighted by Crippen LogP contribution is -2.35. The summed E-state index contributed by atoms with van der Waals surface area (Å²) in [5.74, 6) is 1.23. The Morgan fingerprint density at radius 1 is 0.407 bits per heavy atom. The number of likely N-dealkylation sites (tertiary alicyclic amines) is 2. The zero-order valence-electron chi connectivity index (χ0n) is 78.8. The minimum Gasteiger partial charge on any atom is -0.490 e. The van der Waals surface area contributed by atoms with Crippen LogP contribution in [0, 0.1) is 38.2 Å². The smallest absolute Gasteiger partial charge is 0.291 e. The molecule has 15 heterocycles. The van der Waals surface area contributed by atoms with Gasteiger partial charge in [0.15, 0.2) is 46.5 Å². The lowest BCUT2D eigenvalue weighted by atomic mass is 10.0. The van der Waals surface area contributed by atoms with Gasteiger partial charge in [-0.1, -0.05) is 103 Å². The molecule has 0 radical (unpaired) electrons. The third-order valence-electron chi connectivity index (χ3n) is 25.0. The summed E-state index contributed by atoms with van der Waals surface area (Å²) in [6, 6.07) is 58.5. The Balaban J connectivity index is 0.000000111. The van der Waals surface area contributed by atoms with E-state index in [0.717, 1.165) is 179 Å². The van der Waals surface area contributed by atoms with Crippen molar-refractivity contribution in [2.45, 2.75) is 72.1 Å². The summed E-state index contributed by atoms with van der Waals surface area (Å²) in [6.07, 6.45) is 16.9. The summed E-state index contributed by atoms with van der Waals surface area (Å²) in [7, 11) is 2.14. The number of allylic oxidation sites excluding steroid dienone is 3. The summed E-state index contributed by atoms with van der Waals surface area (Å²) in [5.41, 5.74) is 17.9. The molecule has 40 heteroatoms. The second kappa shape index (κ2) is 42.6. The third-order valence-corrected chi connectivity index (χ3v) is 25.0. The highest BCUT2D eigenvalue weighted by Crippen LogP contribution is 2.36. The predicted octanol–water partition coefficient (Wildman–Crippen LogP) is 18.6. The van der Waals surface area contributed by atoms with E-state index in [1.165, 1.54) is 19.0 Å². The van der Waals surface area contributed by atoms with Crippen LogP contribution in [0.1, 0.15) is 108 Å². The van der Waals surface area contributed by atoms with Crippen LogP contribution in [0.5, 0.6) is 5.75 Å². The van der Waals surface area contributed by atoms with Gasteiger partial charge in [0.05, 0.1) is 135 Å². The Morgan fingerprint density at radius 3 is 1.32 bits per heavy atom. The number of nitrogens with zero attached hydrogens (tertiary/aromatic N) is 13. The Bertz CT molecular complexity index is 8020. The molecule has 8 aromatic carbocycles. The van der Waals surface area contributed by atoms with Crippen LogP contribution in [-0.2, 0) is 22.6 Å². The Hall–Kier alpha value is -18.0. The molecule has 145 heavy (non-hydrogen) atoms. The molecule has 15 N–H and O–H groups in total. The van der Waals surface area contributed by atoms with Crippen LogP contribution >= 0.6 is 0 Å². The number of anilines is 5.